The van der Waals surface area contributed by atoms with Gasteiger partial charge in [0, 0.05) is 33.4 Å². The quantitative estimate of drug-likeness (QED) is 0.174. The van der Waals surface area contributed by atoms with Crippen LogP contribution in [0.4, 0.5) is 0 Å². The summed E-state index contributed by atoms with van der Waals surface area (Å²) in [4.78, 5) is 10.8. The van der Waals surface area contributed by atoms with E-state index in [0.717, 1.165) is 91.0 Å². The van der Waals surface area contributed by atoms with E-state index in [4.69, 9.17) is 14.4 Å². The van der Waals surface area contributed by atoms with Crippen molar-refractivity contribution in [1.82, 2.24) is 5.32 Å². The van der Waals surface area contributed by atoms with Gasteiger partial charge in [-0.25, -0.2) is 9.98 Å². The fourth-order valence-corrected chi connectivity index (χ4v) is 9.85. The molecule has 0 saturated heterocycles. The number of fused-ring (bicyclic) bond motifs is 6. The highest BCUT2D eigenvalue weighted by molar-refractivity contribution is 6.17. The molecule has 9 aromatic carbocycles. The first-order valence-electron chi connectivity index (χ1n) is 22.2. The molecule has 0 fully saturated rings. The van der Waals surface area contributed by atoms with Gasteiger partial charge in [0.05, 0.1) is 0 Å². The number of benzene rings is 9. The lowest BCUT2D eigenvalue weighted by Gasteiger charge is -2.23. The predicted molar refractivity (Wildman–Crippen MR) is 264 cm³/mol. The Morgan fingerprint density at radius 3 is 1.67 bits per heavy atom. The highest BCUT2D eigenvalue weighted by Crippen LogP contribution is 2.44. The van der Waals surface area contributed by atoms with Gasteiger partial charge in [-0.05, 0) is 110 Å². The van der Waals surface area contributed by atoms with Gasteiger partial charge in [0.15, 0.2) is 6.17 Å². The van der Waals surface area contributed by atoms with Crippen molar-refractivity contribution in [3.8, 4) is 44.5 Å². The summed E-state index contributed by atoms with van der Waals surface area (Å²) in [6.45, 7) is 0. The molecule has 64 heavy (non-hydrogen) atoms. The number of furan rings is 1. The summed E-state index contributed by atoms with van der Waals surface area (Å²) >= 11 is 0. The molecule has 0 radical (unpaired) electrons. The largest absolute Gasteiger partial charge is 0.456 e. The van der Waals surface area contributed by atoms with E-state index in [2.05, 4.69) is 224 Å². The molecular formula is C60H43N3O. The molecule has 1 aromatic heterocycles. The van der Waals surface area contributed by atoms with Crippen LogP contribution in [-0.4, -0.2) is 11.7 Å². The first kappa shape index (κ1) is 37.7. The van der Waals surface area contributed by atoms with Crippen LogP contribution in [0.2, 0.25) is 0 Å². The fourth-order valence-electron chi connectivity index (χ4n) is 9.85. The van der Waals surface area contributed by atoms with Crippen LogP contribution in [0.15, 0.2) is 233 Å². The van der Waals surface area contributed by atoms with E-state index >= 15 is 0 Å². The molecule has 2 heterocycles. The molecule has 1 N–H and O–H groups in total. The molecule has 1 aliphatic heterocycles. The lowest BCUT2D eigenvalue weighted by atomic mass is 9.84. The minimum Gasteiger partial charge on any atom is -0.456 e. The molecule has 0 saturated carbocycles. The molecule has 0 amide bonds. The third-order valence-electron chi connectivity index (χ3n) is 13.0. The van der Waals surface area contributed by atoms with E-state index in [0.29, 0.717) is 5.92 Å². The number of hydrogen-bond acceptors (Lipinski definition) is 4. The van der Waals surface area contributed by atoms with Crippen LogP contribution in [0.5, 0.6) is 0 Å². The van der Waals surface area contributed by atoms with E-state index in [-0.39, 0.29) is 0 Å². The molecule has 0 bridgehead atoms. The van der Waals surface area contributed by atoms with E-state index < -0.39 is 6.17 Å². The number of amidine groups is 2. The standard InChI is InChI=1S/C60H43N3O/c1-4-15-39(16-5-1)43-22-12-24-47(35-43)58-61-59(48-25-13-23-44(36-48)40-17-6-2-7-18-40)63-60(62-58)52-27-14-28-56-57(52)54-38-46(31-34-55(54)64-56)45-30-33-51-50(41-19-8-3-9-20-41)32-29-42-21-10-11-26-49(42)53(51)37-45/h1-28,30-31,33-38,50,60H,29,32H2,(H,61,62,63). The molecule has 10 aromatic rings. The van der Waals surface area contributed by atoms with Gasteiger partial charge in [-0.3, -0.25) is 0 Å². The molecular weight excluding hydrogens is 779 g/mol. The summed E-state index contributed by atoms with van der Waals surface area (Å²) in [5.74, 6) is 1.85. The van der Waals surface area contributed by atoms with Gasteiger partial charge in [0.2, 0.25) is 0 Å². The van der Waals surface area contributed by atoms with Crippen molar-refractivity contribution in [3.63, 3.8) is 0 Å². The van der Waals surface area contributed by atoms with Crippen molar-refractivity contribution >= 4 is 33.6 Å². The van der Waals surface area contributed by atoms with Crippen LogP contribution in [0.3, 0.4) is 0 Å². The Morgan fingerprint density at radius 1 is 0.406 bits per heavy atom. The lowest BCUT2D eigenvalue weighted by Crippen LogP contribution is -2.36. The predicted octanol–water partition coefficient (Wildman–Crippen LogP) is 14.8. The molecule has 304 valence electrons. The van der Waals surface area contributed by atoms with Crippen molar-refractivity contribution in [2.75, 3.05) is 0 Å². The topological polar surface area (TPSA) is 49.9 Å². The number of nitrogens with one attached hydrogen (secondary N) is 1. The summed E-state index contributed by atoms with van der Waals surface area (Å²) in [6.07, 6.45) is 1.57. The Bertz CT molecular complexity index is 3320. The third-order valence-corrected chi connectivity index (χ3v) is 13.0. The Hall–Kier alpha value is -8.08. The SMILES string of the molecule is c1ccc(-c2cccc(C3=NC(c4cccc5oc6ccc(-c7ccc8c(c7)-c7ccccc7CCC8c7ccccc7)cc6c45)N=C(c4cccc(-c5ccccc5)c4)N3)c2)cc1. The average molecular weight is 822 g/mol. The van der Waals surface area contributed by atoms with E-state index in [9.17, 15) is 0 Å². The number of aliphatic imine (C=N–C) groups is 2. The van der Waals surface area contributed by atoms with Gasteiger partial charge < -0.3 is 9.73 Å². The number of aryl methyl sites for hydroxylation is 1. The molecule has 4 heteroatoms. The Labute approximate surface area is 373 Å². The Balaban J connectivity index is 0.997. The number of rotatable bonds is 7. The second-order valence-electron chi connectivity index (χ2n) is 16.8. The van der Waals surface area contributed by atoms with Crippen LogP contribution in [0.1, 0.15) is 51.9 Å². The van der Waals surface area contributed by atoms with Crippen molar-refractivity contribution in [2.24, 2.45) is 9.98 Å². The molecule has 2 aliphatic rings. The van der Waals surface area contributed by atoms with Crippen LogP contribution in [0.25, 0.3) is 66.4 Å². The maximum absolute atomic E-state index is 6.63. The molecule has 0 spiro atoms. The average Bonchev–Trinajstić information content (AvgIpc) is 3.67. The summed E-state index contributed by atoms with van der Waals surface area (Å²) in [5, 5.41) is 5.75. The zero-order valence-electron chi connectivity index (χ0n) is 35.2. The first-order chi connectivity index (χ1) is 31.7. The van der Waals surface area contributed by atoms with Gasteiger partial charge in [0.25, 0.3) is 0 Å². The first-order valence-corrected chi connectivity index (χ1v) is 22.2. The maximum Gasteiger partial charge on any atom is 0.170 e. The van der Waals surface area contributed by atoms with Gasteiger partial charge in [-0.15, -0.1) is 0 Å². The summed E-state index contributed by atoms with van der Waals surface area (Å²) in [7, 11) is 0. The van der Waals surface area contributed by atoms with Crippen molar-refractivity contribution < 1.29 is 4.42 Å². The summed E-state index contributed by atoms with van der Waals surface area (Å²) in [6, 6.07) is 78.1. The fraction of sp³-hybridized carbons (Fsp3) is 0.0667. The zero-order chi connectivity index (χ0) is 42.4. The highest BCUT2D eigenvalue weighted by Gasteiger charge is 2.27. The van der Waals surface area contributed by atoms with Gasteiger partial charge in [0.1, 0.15) is 22.8 Å². The summed E-state index contributed by atoms with van der Waals surface area (Å²) < 4.78 is 6.63. The van der Waals surface area contributed by atoms with Crippen LogP contribution >= 0.6 is 0 Å². The maximum atomic E-state index is 6.63. The number of hydrogen-bond donors (Lipinski definition) is 1. The monoisotopic (exact) mass is 821 g/mol. The van der Waals surface area contributed by atoms with Crippen molar-refractivity contribution in [2.45, 2.75) is 24.9 Å². The van der Waals surface area contributed by atoms with Gasteiger partial charge >= 0.3 is 0 Å². The molecule has 1 aliphatic carbocycles. The smallest absolute Gasteiger partial charge is 0.170 e. The summed E-state index contributed by atoms with van der Waals surface area (Å²) in [5.41, 5.74) is 18.3. The second-order valence-corrected chi connectivity index (χ2v) is 16.8. The normalized spacial score (nSPS) is 14.8. The zero-order valence-corrected chi connectivity index (χ0v) is 35.2. The Kier molecular flexibility index (Phi) is 9.41. The number of nitrogens with zero attached hydrogens (tertiary/aromatic N) is 2. The van der Waals surface area contributed by atoms with Crippen LogP contribution in [-0.2, 0) is 6.42 Å². The third kappa shape index (κ3) is 6.90. The highest BCUT2D eigenvalue weighted by atomic mass is 16.3. The van der Waals surface area contributed by atoms with Gasteiger partial charge in [-0.1, -0.05) is 182 Å². The molecule has 12 rings (SSSR count). The van der Waals surface area contributed by atoms with Crippen LogP contribution in [0, 0.1) is 0 Å². The van der Waals surface area contributed by atoms with Gasteiger partial charge in [-0.2, -0.15) is 0 Å². The minimum atomic E-state index is -0.543. The minimum absolute atomic E-state index is 0.322. The second kappa shape index (κ2) is 16.0. The van der Waals surface area contributed by atoms with E-state index in [1.807, 2.05) is 0 Å². The lowest BCUT2D eigenvalue weighted by molar-refractivity contribution is 0.667. The van der Waals surface area contributed by atoms with Crippen molar-refractivity contribution in [3.05, 3.63) is 252 Å². The Morgan fingerprint density at radius 2 is 0.969 bits per heavy atom. The van der Waals surface area contributed by atoms with Crippen molar-refractivity contribution in [1.29, 1.82) is 0 Å². The molecule has 4 nitrogen and oxygen atoms in total. The van der Waals surface area contributed by atoms with E-state index in [1.165, 1.54) is 33.4 Å². The molecule has 1 atom stereocenters. The molecule has 1 unspecified atom stereocenters. The van der Waals surface area contributed by atoms with Crippen LogP contribution < -0.4 is 5.32 Å². The van der Waals surface area contributed by atoms with E-state index in [1.54, 1.807) is 0 Å².